The van der Waals surface area contributed by atoms with Gasteiger partial charge in [-0.1, -0.05) is 6.92 Å². The van der Waals surface area contributed by atoms with Crippen LogP contribution in [0.25, 0.3) is 0 Å². The third-order valence-corrected chi connectivity index (χ3v) is 2.82. The minimum absolute atomic E-state index is 0.556. The normalized spacial score (nSPS) is 10.0. The van der Waals surface area contributed by atoms with Crippen LogP contribution in [-0.2, 0) is 0 Å². The third-order valence-electron chi connectivity index (χ3n) is 1.62. The zero-order valence-corrected chi connectivity index (χ0v) is 8.40. The van der Waals surface area contributed by atoms with Crippen LogP contribution >= 0.6 is 11.8 Å². The van der Waals surface area contributed by atoms with Crippen LogP contribution in [0.1, 0.15) is 13.3 Å². The molecule has 0 saturated heterocycles. The molecule has 0 radical (unpaired) electrons. The van der Waals surface area contributed by atoms with E-state index in [0.717, 1.165) is 17.1 Å². The van der Waals surface area contributed by atoms with Gasteiger partial charge in [0.2, 0.25) is 0 Å². The lowest BCUT2D eigenvalue weighted by Gasteiger charge is -2.05. The number of hydrogen-bond acceptors (Lipinski definition) is 4. The smallest absolute Gasteiger partial charge is 0.0832 e. The zero-order chi connectivity index (χ0) is 9.68. The summed E-state index contributed by atoms with van der Waals surface area (Å²) in [5.41, 5.74) is 8.84. The van der Waals surface area contributed by atoms with Gasteiger partial charge in [0.1, 0.15) is 0 Å². The fraction of sp³-hybridized carbons (Fsp3) is 0.333. The van der Waals surface area contributed by atoms with Crippen molar-refractivity contribution >= 4 is 23.1 Å². The summed E-state index contributed by atoms with van der Waals surface area (Å²) in [6.45, 7) is 2.14. The number of benzene rings is 1. The first-order valence-corrected chi connectivity index (χ1v) is 5.19. The van der Waals surface area contributed by atoms with Crippen LogP contribution in [0.4, 0.5) is 11.4 Å². The molecule has 1 aromatic carbocycles. The van der Waals surface area contributed by atoms with Crippen LogP contribution in [0.3, 0.4) is 0 Å². The number of rotatable bonds is 4. The molecule has 4 heteroatoms. The lowest BCUT2D eigenvalue weighted by Crippen LogP contribution is -1.95. The van der Waals surface area contributed by atoms with E-state index in [4.69, 9.17) is 10.9 Å². The standard InChI is InChI=1S/C9H14N2OS/c1-2-5-13-7-3-4-9(11-12)8(10)6-7/h3-4,6,11-12H,2,5,10H2,1H3. The number of nitrogens with one attached hydrogen (secondary N) is 1. The van der Waals surface area contributed by atoms with Crippen LogP contribution in [0.5, 0.6) is 0 Å². The van der Waals surface area contributed by atoms with Crippen molar-refractivity contribution in [2.75, 3.05) is 17.0 Å². The molecule has 0 aliphatic rings. The summed E-state index contributed by atoms with van der Waals surface area (Å²) in [4.78, 5) is 1.14. The highest BCUT2D eigenvalue weighted by Gasteiger charge is 1.99. The second-order valence-electron chi connectivity index (χ2n) is 2.71. The van der Waals surface area contributed by atoms with Crippen molar-refractivity contribution in [3.8, 4) is 0 Å². The highest BCUT2D eigenvalue weighted by molar-refractivity contribution is 7.99. The van der Waals surface area contributed by atoms with Gasteiger partial charge in [-0.15, -0.1) is 11.8 Å². The Morgan fingerprint density at radius 3 is 2.85 bits per heavy atom. The van der Waals surface area contributed by atoms with Crippen LogP contribution in [0.15, 0.2) is 23.1 Å². The van der Waals surface area contributed by atoms with E-state index in [9.17, 15) is 0 Å². The van der Waals surface area contributed by atoms with Crippen molar-refractivity contribution in [1.29, 1.82) is 0 Å². The minimum atomic E-state index is 0.556. The molecule has 0 aliphatic carbocycles. The van der Waals surface area contributed by atoms with Gasteiger partial charge in [0.15, 0.2) is 0 Å². The van der Waals surface area contributed by atoms with E-state index < -0.39 is 0 Å². The maximum absolute atomic E-state index is 8.65. The van der Waals surface area contributed by atoms with Gasteiger partial charge in [0.05, 0.1) is 11.4 Å². The summed E-state index contributed by atoms with van der Waals surface area (Å²) in [5.74, 6) is 1.09. The summed E-state index contributed by atoms with van der Waals surface area (Å²) in [5, 5.41) is 8.65. The average Bonchev–Trinajstić information content (AvgIpc) is 2.15. The molecule has 0 fully saturated rings. The van der Waals surface area contributed by atoms with Crippen molar-refractivity contribution in [2.45, 2.75) is 18.2 Å². The van der Waals surface area contributed by atoms with E-state index in [2.05, 4.69) is 6.92 Å². The predicted molar refractivity (Wildman–Crippen MR) is 57.3 cm³/mol. The molecule has 3 nitrogen and oxygen atoms in total. The van der Waals surface area contributed by atoms with Crippen molar-refractivity contribution in [3.05, 3.63) is 18.2 Å². The topological polar surface area (TPSA) is 58.3 Å². The Hall–Kier alpha value is -0.870. The van der Waals surface area contributed by atoms with Crippen LogP contribution in [0, 0.1) is 0 Å². The first-order chi connectivity index (χ1) is 6.27. The third kappa shape index (κ3) is 2.82. The van der Waals surface area contributed by atoms with E-state index in [1.54, 1.807) is 17.8 Å². The lowest BCUT2D eigenvalue weighted by molar-refractivity contribution is 0.389. The molecule has 13 heavy (non-hydrogen) atoms. The number of thioether (sulfide) groups is 1. The lowest BCUT2D eigenvalue weighted by atomic mass is 10.3. The molecule has 0 unspecified atom stereocenters. The van der Waals surface area contributed by atoms with Crippen LogP contribution in [0.2, 0.25) is 0 Å². The zero-order valence-electron chi connectivity index (χ0n) is 7.58. The summed E-state index contributed by atoms with van der Waals surface area (Å²) >= 11 is 1.76. The molecule has 0 bridgehead atoms. The quantitative estimate of drug-likeness (QED) is 0.395. The van der Waals surface area contributed by atoms with E-state index in [0.29, 0.717) is 11.4 Å². The molecule has 0 heterocycles. The maximum Gasteiger partial charge on any atom is 0.0832 e. The van der Waals surface area contributed by atoms with Gasteiger partial charge >= 0.3 is 0 Å². The first kappa shape index (κ1) is 10.2. The molecule has 0 aromatic heterocycles. The molecule has 0 spiro atoms. The Morgan fingerprint density at radius 2 is 2.31 bits per heavy atom. The monoisotopic (exact) mass is 198 g/mol. The molecule has 72 valence electrons. The number of nitrogen functional groups attached to an aromatic ring is 1. The fourth-order valence-electron chi connectivity index (χ4n) is 0.952. The summed E-state index contributed by atoms with van der Waals surface area (Å²) in [6, 6.07) is 5.57. The first-order valence-electron chi connectivity index (χ1n) is 4.20. The highest BCUT2D eigenvalue weighted by Crippen LogP contribution is 2.26. The number of anilines is 2. The molecule has 0 atom stereocenters. The van der Waals surface area contributed by atoms with Gasteiger partial charge in [-0.05, 0) is 30.4 Å². The Bertz CT molecular complexity index is 278. The van der Waals surface area contributed by atoms with E-state index in [1.807, 2.05) is 17.6 Å². The molecule has 1 rings (SSSR count). The molecule has 0 aliphatic heterocycles. The highest BCUT2D eigenvalue weighted by atomic mass is 32.2. The second kappa shape index (κ2) is 4.99. The van der Waals surface area contributed by atoms with Crippen molar-refractivity contribution in [1.82, 2.24) is 0 Å². The largest absolute Gasteiger partial charge is 0.397 e. The molecular weight excluding hydrogens is 184 g/mol. The van der Waals surface area contributed by atoms with Crippen molar-refractivity contribution in [3.63, 3.8) is 0 Å². The Labute approximate surface area is 82.3 Å². The molecule has 1 aromatic rings. The average molecular weight is 198 g/mol. The fourth-order valence-corrected chi connectivity index (χ4v) is 1.77. The van der Waals surface area contributed by atoms with Gasteiger partial charge in [0, 0.05) is 4.90 Å². The van der Waals surface area contributed by atoms with E-state index in [1.165, 1.54) is 0 Å². The Balaban J connectivity index is 2.71. The Morgan fingerprint density at radius 1 is 1.54 bits per heavy atom. The molecule has 0 amide bonds. The SMILES string of the molecule is CCCSc1ccc(NO)c(N)c1. The van der Waals surface area contributed by atoms with Gasteiger partial charge in [-0.2, -0.15) is 0 Å². The van der Waals surface area contributed by atoms with Crippen molar-refractivity contribution < 1.29 is 5.21 Å². The molecular formula is C9H14N2OS. The van der Waals surface area contributed by atoms with Gasteiger partial charge in [0.25, 0.3) is 0 Å². The summed E-state index contributed by atoms with van der Waals surface area (Å²) in [7, 11) is 0. The van der Waals surface area contributed by atoms with Crippen LogP contribution in [-0.4, -0.2) is 11.0 Å². The minimum Gasteiger partial charge on any atom is -0.397 e. The molecule has 0 saturated carbocycles. The van der Waals surface area contributed by atoms with Gasteiger partial charge in [-0.3, -0.25) is 10.7 Å². The summed E-state index contributed by atoms with van der Waals surface area (Å²) < 4.78 is 0. The van der Waals surface area contributed by atoms with Crippen LogP contribution < -0.4 is 11.2 Å². The van der Waals surface area contributed by atoms with Crippen molar-refractivity contribution in [2.24, 2.45) is 0 Å². The van der Waals surface area contributed by atoms with Gasteiger partial charge in [-0.25, -0.2) is 0 Å². The maximum atomic E-state index is 8.65. The number of hydrogen-bond donors (Lipinski definition) is 3. The summed E-state index contributed by atoms with van der Waals surface area (Å²) in [6.07, 6.45) is 1.14. The molecule has 4 N–H and O–H groups in total. The van der Waals surface area contributed by atoms with E-state index >= 15 is 0 Å². The predicted octanol–water partition coefficient (Wildman–Crippen LogP) is 2.57. The van der Waals surface area contributed by atoms with Gasteiger partial charge < -0.3 is 5.73 Å². The second-order valence-corrected chi connectivity index (χ2v) is 3.88. The Kier molecular flexibility index (Phi) is 3.92. The number of nitrogens with two attached hydrogens (primary N) is 1. The van der Waals surface area contributed by atoms with E-state index in [-0.39, 0.29) is 0 Å².